The average Bonchev–Trinajstić information content (AvgIpc) is 2.96. The van der Waals surface area contributed by atoms with E-state index in [9.17, 15) is 0 Å². The molecule has 1 heterocycles. The fourth-order valence-electron chi connectivity index (χ4n) is 3.91. The van der Waals surface area contributed by atoms with Gasteiger partial charge in [-0.2, -0.15) is 0 Å². The van der Waals surface area contributed by atoms with Gasteiger partial charge in [0.25, 0.3) is 0 Å². The van der Waals surface area contributed by atoms with Crippen molar-refractivity contribution in [1.82, 2.24) is 0 Å². The van der Waals surface area contributed by atoms with Crippen molar-refractivity contribution in [2.45, 2.75) is 51.6 Å². The van der Waals surface area contributed by atoms with Crippen LogP contribution < -0.4 is 0 Å². The molecule has 4 atom stereocenters. The summed E-state index contributed by atoms with van der Waals surface area (Å²) >= 11 is 0. The highest BCUT2D eigenvalue weighted by Crippen LogP contribution is 2.41. The van der Waals surface area contributed by atoms with Crippen LogP contribution in [0.5, 0.6) is 0 Å². The van der Waals surface area contributed by atoms with Gasteiger partial charge in [-0.05, 0) is 61.5 Å². The van der Waals surface area contributed by atoms with Crippen LogP contribution in [0.15, 0.2) is 24.3 Å². The molecule has 0 aromatic heterocycles. The predicted molar refractivity (Wildman–Crippen MR) is 74.8 cm³/mol. The summed E-state index contributed by atoms with van der Waals surface area (Å²) in [5.41, 5.74) is 3.21. The number of hydrogen-bond donors (Lipinski definition) is 0. The minimum absolute atomic E-state index is 0.476. The standard InChI is InChI=1S/C17H24O/c1-12(11-15-9-10-18-13(15)2)16-8-7-14-5-3-4-6-17(14)16/h3-6,12-13,15-16H,7-11H2,1-2H3. The Bertz CT molecular complexity index is 412. The van der Waals surface area contributed by atoms with Gasteiger partial charge in [-0.15, -0.1) is 0 Å². The van der Waals surface area contributed by atoms with Gasteiger partial charge >= 0.3 is 0 Å². The Kier molecular flexibility index (Phi) is 3.43. The third-order valence-electron chi connectivity index (χ3n) is 5.07. The van der Waals surface area contributed by atoms with Crippen LogP contribution in [-0.2, 0) is 11.2 Å². The summed E-state index contributed by atoms with van der Waals surface area (Å²) in [5, 5.41) is 0. The summed E-state index contributed by atoms with van der Waals surface area (Å²) in [7, 11) is 0. The average molecular weight is 244 g/mol. The Morgan fingerprint density at radius 3 is 2.89 bits per heavy atom. The molecule has 18 heavy (non-hydrogen) atoms. The zero-order valence-corrected chi connectivity index (χ0v) is 11.6. The van der Waals surface area contributed by atoms with Gasteiger partial charge in [0.1, 0.15) is 0 Å². The van der Waals surface area contributed by atoms with Crippen molar-refractivity contribution < 1.29 is 4.74 Å². The van der Waals surface area contributed by atoms with Gasteiger partial charge in [-0.3, -0.25) is 0 Å². The first-order valence-electron chi connectivity index (χ1n) is 7.45. The SMILES string of the molecule is CC(CC1CCOC1C)C1CCc2ccccc21. The molecule has 0 N–H and O–H groups in total. The minimum atomic E-state index is 0.476. The highest BCUT2D eigenvalue weighted by atomic mass is 16.5. The largest absolute Gasteiger partial charge is 0.378 e. The van der Waals surface area contributed by atoms with Crippen molar-refractivity contribution in [2.75, 3.05) is 6.61 Å². The summed E-state index contributed by atoms with van der Waals surface area (Å²) in [6.45, 7) is 5.66. The van der Waals surface area contributed by atoms with Gasteiger partial charge in [0.05, 0.1) is 6.10 Å². The molecule has 1 aromatic carbocycles. The van der Waals surface area contributed by atoms with Crippen LogP contribution in [0.4, 0.5) is 0 Å². The van der Waals surface area contributed by atoms with Crippen molar-refractivity contribution in [3.63, 3.8) is 0 Å². The van der Waals surface area contributed by atoms with Gasteiger partial charge in [0.15, 0.2) is 0 Å². The Balaban J connectivity index is 1.69. The first-order chi connectivity index (χ1) is 8.75. The van der Waals surface area contributed by atoms with Crippen molar-refractivity contribution >= 4 is 0 Å². The van der Waals surface area contributed by atoms with E-state index in [0.717, 1.165) is 24.4 Å². The molecule has 1 aliphatic carbocycles. The lowest BCUT2D eigenvalue weighted by molar-refractivity contribution is 0.0985. The molecule has 0 amide bonds. The highest BCUT2D eigenvalue weighted by molar-refractivity contribution is 5.35. The smallest absolute Gasteiger partial charge is 0.0576 e. The quantitative estimate of drug-likeness (QED) is 0.775. The summed E-state index contributed by atoms with van der Waals surface area (Å²) in [4.78, 5) is 0. The minimum Gasteiger partial charge on any atom is -0.378 e. The summed E-state index contributed by atoms with van der Waals surface area (Å²) in [6.07, 6.45) is 5.70. The van der Waals surface area contributed by atoms with Crippen LogP contribution in [0.2, 0.25) is 0 Å². The number of fused-ring (bicyclic) bond motifs is 1. The lowest BCUT2D eigenvalue weighted by atomic mass is 9.81. The van der Waals surface area contributed by atoms with Gasteiger partial charge in [0.2, 0.25) is 0 Å². The van der Waals surface area contributed by atoms with Crippen molar-refractivity contribution in [3.8, 4) is 0 Å². The van der Waals surface area contributed by atoms with Gasteiger partial charge < -0.3 is 4.74 Å². The lowest BCUT2D eigenvalue weighted by Crippen LogP contribution is -2.17. The number of ether oxygens (including phenoxy) is 1. The molecule has 1 aromatic rings. The number of aryl methyl sites for hydroxylation is 1. The highest BCUT2D eigenvalue weighted by Gasteiger charge is 2.31. The van der Waals surface area contributed by atoms with Crippen LogP contribution in [0.3, 0.4) is 0 Å². The maximum atomic E-state index is 5.70. The molecular formula is C17H24O. The van der Waals surface area contributed by atoms with Crippen LogP contribution in [0, 0.1) is 11.8 Å². The maximum Gasteiger partial charge on any atom is 0.0576 e. The number of hydrogen-bond acceptors (Lipinski definition) is 1. The molecule has 1 aliphatic heterocycles. The van der Waals surface area contributed by atoms with E-state index in [2.05, 4.69) is 38.1 Å². The van der Waals surface area contributed by atoms with Crippen molar-refractivity contribution in [3.05, 3.63) is 35.4 Å². The topological polar surface area (TPSA) is 9.23 Å². The molecule has 98 valence electrons. The zero-order valence-electron chi connectivity index (χ0n) is 11.6. The van der Waals surface area contributed by atoms with Crippen LogP contribution in [0.25, 0.3) is 0 Å². The van der Waals surface area contributed by atoms with E-state index in [0.29, 0.717) is 6.10 Å². The summed E-state index contributed by atoms with van der Waals surface area (Å²) in [6, 6.07) is 9.03. The Labute approximate surface area is 111 Å². The molecule has 0 radical (unpaired) electrons. The van der Waals surface area contributed by atoms with E-state index in [4.69, 9.17) is 4.74 Å². The predicted octanol–water partition coefficient (Wildman–Crippen LogP) is 4.17. The number of benzene rings is 1. The zero-order chi connectivity index (χ0) is 12.5. The van der Waals surface area contributed by atoms with Gasteiger partial charge in [-0.1, -0.05) is 31.2 Å². The molecular weight excluding hydrogens is 220 g/mol. The van der Waals surface area contributed by atoms with E-state index >= 15 is 0 Å². The third kappa shape index (κ3) is 2.21. The second-order valence-electron chi connectivity index (χ2n) is 6.18. The monoisotopic (exact) mass is 244 g/mol. The van der Waals surface area contributed by atoms with Crippen LogP contribution in [0.1, 0.15) is 50.2 Å². The second kappa shape index (κ2) is 5.05. The Hall–Kier alpha value is -0.820. The summed E-state index contributed by atoms with van der Waals surface area (Å²) < 4.78 is 5.70. The van der Waals surface area contributed by atoms with E-state index < -0.39 is 0 Å². The second-order valence-corrected chi connectivity index (χ2v) is 6.18. The van der Waals surface area contributed by atoms with Crippen molar-refractivity contribution in [1.29, 1.82) is 0 Å². The van der Waals surface area contributed by atoms with Crippen LogP contribution in [-0.4, -0.2) is 12.7 Å². The van der Waals surface area contributed by atoms with E-state index in [1.54, 1.807) is 11.1 Å². The molecule has 1 saturated heterocycles. The normalized spacial score (nSPS) is 32.4. The molecule has 3 rings (SSSR count). The Morgan fingerprint density at radius 2 is 2.11 bits per heavy atom. The fourth-order valence-corrected chi connectivity index (χ4v) is 3.91. The molecule has 1 nitrogen and oxygen atoms in total. The van der Waals surface area contributed by atoms with E-state index in [1.807, 2.05) is 0 Å². The molecule has 0 saturated carbocycles. The van der Waals surface area contributed by atoms with E-state index in [1.165, 1.54) is 25.7 Å². The molecule has 0 spiro atoms. The van der Waals surface area contributed by atoms with Gasteiger partial charge in [0, 0.05) is 6.61 Å². The number of rotatable bonds is 3. The van der Waals surface area contributed by atoms with Gasteiger partial charge in [-0.25, -0.2) is 0 Å². The lowest BCUT2D eigenvalue weighted by Gasteiger charge is -2.24. The fraction of sp³-hybridized carbons (Fsp3) is 0.647. The molecule has 1 heteroatoms. The molecule has 2 aliphatic rings. The van der Waals surface area contributed by atoms with Crippen LogP contribution >= 0.6 is 0 Å². The van der Waals surface area contributed by atoms with Crippen molar-refractivity contribution in [2.24, 2.45) is 11.8 Å². The third-order valence-corrected chi connectivity index (χ3v) is 5.07. The van der Waals surface area contributed by atoms with E-state index in [-0.39, 0.29) is 0 Å². The molecule has 4 unspecified atom stereocenters. The Morgan fingerprint density at radius 1 is 1.28 bits per heavy atom. The summed E-state index contributed by atoms with van der Waals surface area (Å²) in [5.74, 6) is 2.37. The molecule has 1 fully saturated rings. The first kappa shape index (κ1) is 12.2. The first-order valence-corrected chi connectivity index (χ1v) is 7.45. The maximum absolute atomic E-state index is 5.70. The molecule has 0 bridgehead atoms.